The van der Waals surface area contributed by atoms with Crippen LogP contribution in [-0.4, -0.2) is 0 Å². The first-order valence-electron chi connectivity index (χ1n) is 2.99. The molecule has 0 aliphatic heterocycles. The second-order valence-corrected chi connectivity index (χ2v) is 3.57. The lowest BCUT2D eigenvalue weighted by Crippen LogP contribution is -2.01. The Kier molecular flexibility index (Phi) is 3.09. The fourth-order valence-corrected chi connectivity index (χ4v) is 1.49. The Hall–Kier alpha value is 0.130. The molecule has 0 saturated heterocycles. The van der Waals surface area contributed by atoms with E-state index in [0.29, 0.717) is 10.6 Å². The minimum absolute atomic E-state index is 0.140. The third-order valence-corrected chi connectivity index (χ3v) is 2.99. The van der Waals surface area contributed by atoms with Crippen LogP contribution in [0.1, 0.15) is 5.56 Å². The molecule has 11 heavy (non-hydrogen) atoms. The second kappa shape index (κ2) is 3.69. The van der Waals surface area contributed by atoms with Gasteiger partial charge >= 0.3 is 0 Å². The predicted octanol–water partition coefficient (Wildman–Crippen LogP) is 2.54. The highest BCUT2D eigenvalue weighted by molar-refractivity contribution is 14.1. The third kappa shape index (κ3) is 1.83. The van der Waals surface area contributed by atoms with E-state index >= 15 is 0 Å². The maximum Gasteiger partial charge on any atom is 0.129 e. The van der Waals surface area contributed by atoms with Gasteiger partial charge in [0.05, 0.1) is 5.02 Å². The number of halogens is 3. The molecule has 60 valence electrons. The van der Waals surface area contributed by atoms with Gasteiger partial charge in [-0.05, 0) is 34.7 Å². The van der Waals surface area contributed by atoms with Gasteiger partial charge in [-0.3, -0.25) is 0 Å². The minimum atomic E-state index is -0.335. The van der Waals surface area contributed by atoms with Gasteiger partial charge in [0.1, 0.15) is 5.82 Å². The van der Waals surface area contributed by atoms with Crippen LogP contribution in [0.3, 0.4) is 0 Å². The highest BCUT2D eigenvalue weighted by Gasteiger charge is 2.07. The number of hydrogen-bond acceptors (Lipinski definition) is 1. The molecule has 0 atom stereocenters. The first-order chi connectivity index (χ1) is 5.16. The van der Waals surface area contributed by atoms with E-state index in [0.717, 1.165) is 3.57 Å². The van der Waals surface area contributed by atoms with Crippen LogP contribution in [-0.2, 0) is 6.54 Å². The zero-order chi connectivity index (χ0) is 8.43. The molecule has 0 aromatic heterocycles. The van der Waals surface area contributed by atoms with Crippen LogP contribution >= 0.6 is 34.2 Å². The molecule has 0 radical (unpaired) electrons. The van der Waals surface area contributed by atoms with Crippen molar-refractivity contribution in [2.45, 2.75) is 6.54 Å². The molecule has 0 aliphatic rings. The van der Waals surface area contributed by atoms with Crippen LogP contribution in [0.5, 0.6) is 0 Å². The van der Waals surface area contributed by atoms with Crippen LogP contribution in [0.2, 0.25) is 5.02 Å². The van der Waals surface area contributed by atoms with E-state index < -0.39 is 0 Å². The van der Waals surface area contributed by atoms with E-state index in [1.165, 1.54) is 6.07 Å². The number of hydrogen-bond donors (Lipinski definition) is 1. The number of rotatable bonds is 1. The molecule has 1 rings (SSSR count). The summed E-state index contributed by atoms with van der Waals surface area (Å²) in [4.78, 5) is 0. The second-order valence-electron chi connectivity index (χ2n) is 2.03. The third-order valence-electron chi connectivity index (χ3n) is 1.34. The fraction of sp³-hybridized carbons (Fsp3) is 0.143. The molecule has 1 nitrogen and oxygen atoms in total. The lowest BCUT2D eigenvalue weighted by atomic mass is 10.2. The van der Waals surface area contributed by atoms with Crippen molar-refractivity contribution < 1.29 is 4.39 Å². The monoisotopic (exact) mass is 285 g/mol. The number of benzene rings is 1. The van der Waals surface area contributed by atoms with Gasteiger partial charge in [0.2, 0.25) is 0 Å². The zero-order valence-corrected chi connectivity index (χ0v) is 8.49. The van der Waals surface area contributed by atoms with E-state index in [1.54, 1.807) is 6.07 Å². The Morgan fingerprint density at radius 1 is 1.55 bits per heavy atom. The van der Waals surface area contributed by atoms with Crippen LogP contribution in [0.15, 0.2) is 12.1 Å². The molecule has 4 heteroatoms. The van der Waals surface area contributed by atoms with E-state index in [4.69, 9.17) is 17.3 Å². The standard InChI is InChI=1S/C7H6ClFIN/c8-7-4(3-11)5(9)1-2-6(7)10/h1-2H,3,11H2. The molecular weight excluding hydrogens is 279 g/mol. The van der Waals surface area contributed by atoms with Crippen LogP contribution in [0.25, 0.3) is 0 Å². The normalized spacial score (nSPS) is 10.2. The average Bonchev–Trinajstić information content (AvgIpc) is 1.99. The maximum atomic E-state index is 12.9. The largest absolute Gasteiger partial charge is 0.326 e. The van der Waals surface area contributed by atoms with Crippen molar-refractivity contribution in [1.82, 2.24) is 0 Å². The van der Waals surface area contributed by atoms with Gasteiger partial charge in [-0.2, -0.15) is 0 Å². The summed E-state index contributed by atoms with van der Waals surface area (Å²) in [6.07, 6.45) is 0. The summed E-state index contributed by atoms with van der Waals surface area (Å²) < 4.78 is 13.7. The summed E-state index contributed by atoms with van der Waals surface area (Å²) in [5, 5.41) is 0.424. The molecule has 0 unspecified atom stereocenters. The molecule has 2 N–H and O–H groups in total. The first kappa shape index (κ1) is 9.22. The summed E-state index contributed by atoms with van der Waals surface area (Å²) >= 11 is 7.81. The summed E-state index contributed by atoms with van der Waals surface area (Å²) in [7, 11) is 0. The Labute approximate surface area is 82.9 Å². The van der Waals surface area contributed by atoms with E-state index in [9.17, 15) is 4.39 Å². The van der Waals surface area contributed by atoms with Crippen LogP contribution < -0.4 is 5.73 Å². The maximum absolute atomic E-state index is 12.9. The van der Waals surface area contributed by atoms with Crippen molar-refractivity contribution in [3.63, 3.8) is 0 Å². The van der Waals surface area contributed by atoms with Crippen molar-refractivity contribution in [2.75, 3.05) is 0 Å². The first-order valence-corrected chi connectivity index (χ1v) is 4.45. The van der Waals surface area contributed by atoms with Crippen molar-refractivity contribution in [3.8, 4) is 0 Å². The van der Waals surface area contributed by atoms with Gasteiger partial charge in [-0.25, -0.2) is 4.39 Å². The van der Waals surface area contributed by atoms with Crippen LogP contribution in [0, 0.1) is 9.39 Å². The van der Waals surface area contributed by atoms with Gasteiger partial charge in [0, 0.05) is 15.7 Å². The molecule has 0 spiro atoms. The summed E-state index contributed by atoms with van der Waals surface area (Å²) in [5.41, 5.74) is 5.68. The molecular formula is C7H6ClFIN. The summed E-state index contributed by atoms with van der Waals surface area (Å²) in [5.74, 6) is -0.335. The smallest absolute Gasteiger partial charge is 0.129 e. The minimum Gasteiger partial charge on any atom is -0.326 e. The Morgan fingerprint density at radius 3 is 2.64 bits per heavy atom. The van der Waals surface area contributed by atoms with Gasteiger partial charge in [-0.1, -0.05) is 11.6 Å². The van der Waals surface area contributed by atoms with Gasteiger partial charge in [0.25, 0.3) is 0 Å². The lowest BCUT2D eigenvalue weighted by molar-refractivity contribution is 0.610. The Morgan fingerprint density at radius 2 is 2.18 bits per heavy atom. The molecule has 0 aliphatic carbocycles. The lowest BCUT2D eigenvalue weighted by Gasteiger charge is -2.03. The van der Waals surface area contributed by atoms with E-state index in [2.05, 4.69) is 0 Å². The fourth-order valence-electron chi connectivity index (χ4n) is 0.756. The van der Waals surface area contributed by atoms with Crippen molar-refractivity contribution in [2.24, 2.45) is 5.73 Å². The predicted molar refractivity (Wildman–Crippen MR) is 52.0 cm³/mol. The van der Waals surface area contributed by atoms with E-state index in [1.807, 2.05) is 22.6 Å². The van der Waals surface area contributed by atoms with Crippen molar-refractivity contribution in [1.29, 1.82) is 0 Å². The molecule has 0 saturated carbocycles. The zero-order valence-electron chi connectivity index (χ0n) is 5.57. The molecule has 0 bridgehead atoms. The van der Waals surface area contributed by atoms with Gasteiger partial charge in [-0.15, -0.1) is 0 Å². The quantitative estimate of drug-likeness (QED) is 0.623. The van der Waals surface area contributed by atoms with Crippen molar-refractivity contribution >= 4 is 34.2 Å². The Bertz CT molecular complexity index is 277. The molecule has 0 fully saturated rings. The molecule has 1 aromatic rings. The van der Waals surface area contributed by atoms with Gasteiger partial charge in [0.15, 0.2) is 0 Å². The molecule has 0 heterocycles. The number of nitrogens with two attached hydrogens (primary N) is 1. The SMILES string of the molecule is NCc1c(F)ccc(I)c1Cl. The molecule has 1 aromatic carbocycles. The average molecular weight is 285 g/mol. The van der Waals surface area contributed by atoms with E-state index in [-0.39, 0.29) is 12.4 Å². The highest BCUT2D eigenvalue weighted by atomic mass is 127. The topological polar surface area (TPSA) is 26.0 Å². The Balaban J connectivity index is 3.29. The van der Waals surface area contributed by atoms with Crippen LogP contribution in [0.4, 0.5) is 4.39 Å². The highest BCUT2D eigenvalue weighted by Crippen LogP contribution is 2.24. The summed E-state index contributed by atoms with van der Waals surface area (Å²) in [6.45, 7) is 0.140. The van der Waals surface area contributed by atoms with Crippen molar-refractivity contribution in [3.05, 3.63) is 32.1 Å². The molecule has 0 amide bonds. The van der Waals surface area contributed by atoms with Gasteiger partial charge < -0.3 is 5.73 Å². The summed E-state index contributed by atoms with van der Waals surface area (Å²) in [6, 6.07) is 2.99.